The van der Waals surface area contributed by atoms with Gasteiger partial charge in [0.1, 0.15) is 0 Å². The Morgan fingerprint density at radius 3 is 2.61 bits per heavy atom. The van der Waals surface area contributed by atoms with Crippen LogP contribution < -0.4 is 0 Å². The number of nitrogens with zero attached hydrogens (tertiary/aromatic N) is 2. The van der Waals surface area contributed by atoms with Gasteiger partial charge in [-0.15, -0.1) is 0 Å². The van der Waals surface area contributed by atoms with E-state index < -0.39 is 0 Å². The maximum absolute atomic E-state index is 2.88. The SMILES string of the molecule is CC1CN2CCCC2CN1C1CCCCC1(C)C. The summed E-state index contributed by atoms with van der Waals surface area (Å²) >= 11 is 0. The van der Waals surface area contributed by atoms with Crippen molar-refractivity contribution in [1.29, 1.82) is 0 Å². The van der Waals surface area contributed by atoms with Crippen LogP contribution in [0.1, 0.15) is 59.3 Å². The Bertz CT molecular complexity index is 299. The van der Waals surface area contributed by atoms with E-state index in [0.717, 1.165) is 18.1 Å². The first-order chi connectivity index (χ1) is 8.58. The third-order valence-corrected chi connectivity index (χ3v) is 5.84. The topological polar surface area (TPSA) is 6.48 Å². The second-order valence-electron chi connectivity index (χ2n) is 7.59. The Kier molecular flexibility index (Phi) is 3.44. The maximum atomic E-state index is 2.88. The van der Waals surface area contributed by atoms with E-state index in [4.69, 9.17) is 0 Å². The maximum Gasteiger partial charge on any atom is 0.0224 e. The van der Waals surface area contributed by atoms with Crippen molar-refractivity contribution in [3.05, 3.63) is 0 Å². The van der Waals surface area contributed by atoms with Gasteiger partial charge in [-0.05, 0) is 44.6 Å². The molecule has 3 rings (SSSR count). The van der Waals surface area contributed by atoms with E-state index >= 15 is 0 Å². The fourth-order valence-corrected chi connectivity index (χ4v) is 4.73. The van der Waals surface area contributed by atoms with Crippen molar-refractivity contribution in [3.8, 4) is 0 Å². The Hall–Kier alpha value is -0.0800. The van der Waals surface area contributed by atoms with Crippen molar-refractivity contribution in [2.75, 3.05) is 19.6 Å². The van der Waals surface area contributed by atoms with Crippen molar-refractivity contribution >= 4 is 0 Å². The number of fused-ring (bicyclic) bond motifs is 1. The van der Waals surface area contributed by atoms with Gasteiger partial charge in [-0.1, -0.05) is 26.7 Å². The van der Waals surface area contributed by atoms with Gasteiger partial charge < -0.3 is 0 Å². The van der Waals surface area contributed by atoms with E-state index in [9.17, 15) is 0 Å². The first kappa shape index (κ1) is 12.9. The van der Waals surface area contributed by atoms with Crippen LogP contribution in [0.3, 0.4) is 0 Å². The van der Waals surface area contributed by atoms with Gasteiger partial charge in [0.15, 0.2) is 0 Å². The van der Waals surface area contributed by atoms with Gasteiger partial charge >= 0.3 is 0 Å². The average Bonchev–Trinajstić information content (AvgIpc) is 2.75. The number of piperazine rings is 1. The van der Waals surface area contributed by atoms with E-state index in [1.807, 2.05) is 0 Å². The van der Waals surface area contributed by atoms with E-state index in [1.165, 1.54) is 58.2 Å². The minimum Gasteiger partial charge on any atom is -0.298 e. The van der Waals surface area contributed by atoms with Crippen molar-refractivity contribution in [2.45, 2.75) is 77.4 Å². The van der Waals surface area contributed by atoms with Gasteiger partial charge in [-0.2, -0.15) is 0 Å². The molecule has 3 aliphatic rings. The van der Waals surface area contributed by atoms with Crippen molar-refractivity contribution < 1.29 is 0 Å². The zero-order valence-corrected chi connectivity index (χ0v) is 12.5. The fourth-order valence-electron chi connectivity index (χ4n) is 4.73. The number of hydrogen-bond donors (Lipinski definition) is 0. The minimum absolute atomic E-state index is 0.535. The molecular formula is C16H30N2. The highest BCUT2D eigenvalue weighted by Crippen LogP contribution is 2.41. The van der Waals surface area contributed by atoms with E-state index in [0.29, 0.717) is 5.41 Å². The summed E-state index contributed by atoms with van der Waals surface area (Å²) in [5.41, 5.74) is 0.535. The monoisotopic (exact) mass is 250 g/mol. The Morgan fingerprint density at radius 1 is 1.00 bits per heavy atom. The number of hydrogen-bond acceptors (Lipinski definition) is 2. The Morgan fingerprint density at radius 2 is 1.83 bits per heavy atom. The van der Waals surface area contributed by atoms with Crippen LogP contribution in [-0.2, 0) is 0 Å². The van der Waals surface area contributed by atoms with Crippen molar-refractivity contribution in [3.63, 3.8) is 0 Å². The third-order valence-electron chi connectivity index (χ3n) is 5.84. The molecule has 18 heavy (non-hydrogen) atoms. The molecule has 1 aliphatic carbocycles. The molecule has 0 radical (unpaired) electrons. The lowest BCUT2D eigenvalue weighted by molar-refractivity contribution is -0.0311. The van der Waals surface area contributed by atoms with Crippen LogP contribution in [0.4, 0.5) is 0 Å². The zero-order valence-electron chi connectivity index (χ0n) is 12.5. The molecule has 0 aromatic carbocycles. The Balaban J connectivity index is 1.74. The summed E-state index contributed by atoms with van der Waals surface area (Å²) in [7, 11) is 0. The van der Waals surface area contributed by atoms with Crippen LogP contribution in [-0.4, -0.2) is 47.6 Å². The summed E-state index contributed by atoms with van der Waals surface area (Å²) < 4.78 is 0. The molecule has 3 unspecified atom stereocenters. The molecule has 2 heterocycles. The summed E-state index contributed by atoms with van der Waals surface area (Å²) in [5, 5.41) is 0. The highest BCUT2D eigenvalue weighted by Gasteiger charge is 2.42. The van der Waals surface area contributed by atoms with Gasteiger partial charge in [-0.25, -0.2) is 0 Å². The molecule has 0 aromatic heterocycles. The highest BCUT2D eigenvalue weighted by molar-refractivity contribution is 4.98. The smallest absolute Gasteiger partial charge is 0.0224 e. The quantitative estimate of drug-likeness (QED) is 0.705. The average molecular weight is 250 g/mol. The number of rotatable bonds is 1. The molecule has 2 saturated heterocycles. The lowest BCUT2D eigenvalue weighted by Gasteiger charge is -2.52. The van der Waals surface area contributed by atoms with Gasteiger partial charge in [0.2, 0.25) is 0 Å². The summed E-state index contributed by atoms with van der Waals surface area (Å²) in [6, 6.07) is 2.48. The standard InChI is InChI=1S/C16H30N2/c1-13-11-17-10-6-7-14(17)12-18(13)15-8-4-5-9-16(15,2)3/h13-15H,4-12H2,1-3H3. The molecule has 3 atom stereocenters. The second kappa shape index (κ2) is 4.79. The van der Waals surface area contributed by atoms with Crippen molar-refractivity contribution in [2.24, 2.45) is 5.41 Å². The molecule has 1 saturated carbocycles. The summed E-state index contributed by atoms with van der Waals surface area (Å²) in [6.07, 6.45) is 8.63. The van der Waals surface area contributed by atoms with Gasteiger partial charge in [0, 0.05) is 31.2 Å². The lowest BCUT2D eigenvalue weighted by atomic mass is 9.72. The van der Waals surface area contributed by atoms with Gasteiger partial charge in [-0.3, -0.25) is 9.80 Å². The molecule has 2 aliphatic heterocycles. The summed E-state index contributed by atoms with van der Waals surface area (Å²) in [4.78, 5) is 5.63. The normalized spacial score (nSPS) is 41.8. The van der Waals surface area contributed by atoms with E-state index in [1.54, 1.807) is 0 Å². The van der Waals surface area contributed by atoms with Gasteiger partial charge in [0.05, 0.1) is 0 Å². The third kappa shape index (κ3) is 2.22. The van der Waals surface area contributed by atoms with Crippen LogP contribution in [0.25, 0.3) is 0 Å². The van der Waals surface area contributed by atoms with Crippen LogP contribution in [0.15, 0.2) is 0 Å². The minimum atomic E-state index is 0.535. The molecule has 0 spiro atoms. The predicted molar refractivity (Wildman–Crippen MR) is 76.8 cm³/mol. The molecular weight excluding hydrogens is 220 g/mol. The lowest BCUT2D eigenvalue weighted by Crippen LogP contribution is -2.61. The van der Waals surface area contributed by atoms with Gasteiger partial charge in [0.25, 0.3) is 0 Å². The first-order valence-corrected chi connectivity index (χ1v) is 8.08. The predicted octanol–water partition coefficient (Wildman–Crippen LogP) is 3.12. The summed E-state index contributed by atoms with van der Waals surface area (Å²) in [6.45, 7) is 11.5. The molecule has 0 amide bonds. The molecule has 3 fully saturated rings. The molecule has 2 heteroatoms. The van der Waals surface area contributed by atoms with Crippen LogP contribution in [0.2, 0.25) is 0 Å². The highest BCUT2D eigenvalue weighted by atomic mass is 15.3. The fraction of sp³-hybridized carbons (Fsp3) is 1.00. The van der Waals surface area contributed by atoms with Crippen LogP contribution >= 0.6 is 0 Å². The molecule has 0 bridgehead atoms. The van der Waals surface area contributed by atoms with Crippen molar-refractivity contribution in [1.82, 2.24) is 9.80 Å². The largest absolute Gasteiger partial charge is 0.298 e. The zero-order chi connectivity index (χ0) is 12.8. The van der Waals surface area contributed by atoms with Crippen LogP contribution in [0.5, 0.6) is 0 Å². The Labute approximate surface area is 113 Å². The second-order valence-corrected chi connectivity index (χ2v) is 7.59. The van der Waals surface area contributed by atoms with E-state index in [2.05, 4.69) is 30.6 Å². The molecule has 104 valence electrons. The van der Waals surface area contributed by atoms with Crippen LogP contribution in [0, 0.1) is 5.41 Å². The molecule has 0 aromatic rings. The molecule has 0 N–H and O–H groups in total. The summed E-state index contributed by atoms with van der Waals surface area (Å²) in [5.74, 6) is 0. The van der Waals surface area contributed by atoms with E-state index in [-0.39, 0.29) is 0 Å². The molecule has 2 nitrogen and oxygen atoms in total. The first-order valence-electron chi connectivity index (χ1n) is 8.08.